The van der Waals surface area contributed by atoms with Gasteiger partial charge in [-0.25, -0.2) is 4.79 Å². The number of carbonyl (C=O) groups is 1. The maximum Gasteiger partial charge on any atom is 0.412 e. The van der Waals surface area contributed by atoms with Gasteiger partial charge in [0.25, 0.3) is 0 Å². The van der Waals surface area contributed by atoms with Crippen LogP contribution in [0.15, 0.2) is 6.07 Å². The quantitative estimate of drug-likeness (QED) is 0.861. The number of carbonyl (C=O) groups excluding carboxylic acids is 1. The van der Waals surface area contributed by atoms with Crippen molar-refractivity contribution in [1.82, 2.24) is 0 Å². The van der Waals surface area contributed by atoms with E-state index < -0.39 is 11.7 Å². The Kier molecular flexibility index (Phi) is 4.66. The lowest BCUT2D eigenvalue weighted by Crippen LogP contribution is -2.27. The summed E-state index contributed by atoms with van der Waals surface area (Å²) in [7, 11) is 0. The van der Waals surface area contributed by atoms with E-state index in [1.165, 1.54) is 0 Å². The van der Waals surface area contributed by atoms with E-state index >= 15 is 0 Å². The topological polar surface area (TPSA) is 60.1 Å². The third-order valence-electron chi connectivity index (χ3n) is 3.48. The number of ether oxygens (including phenoxy) is 3. The van der Waals surface area contributed by atoms with Crippen LogP contribution in [0.4, 0.5) is 10.5 Å². The van der Waals surface area contributed by atoms with Crippen LogP contribution in [0.1, 0.15) is 37.5 Å². The van der Waals surface area contributed by atoms with Crippen molar-refractivity contribution in [2.75, 3.05) is 18.5 Å². The van der Waals surface area contributed by atoms with Crippen LogP contribution in [0.2, 0.25) is 0 Å². The number of nitrogens with one attached hydrogen (secondary N) is 1. The molecule has 22 heavy (non-hydrogen) atoms. The van der Waals surface area contributed by atoms with Gasteiger partial charge in [-0.3, -0.25) is 5.32 Å². The molecule has 0 saturated carbocycles. The molecule has 0 aromatic heterocycles. The van der Waals surface area contributed by atoms with Gasteiger partial charge in [-0.05, 0) is 64.3 Å². The number of benzene rings is 1. The molecule has 122 valence electrons. The van der Waals surface area contributed by atoms with E-state index in [9.17, 15) is 4.79 Å². The standard InChI is InChI=1S/C17H25NO4/c1-10-7-14(18-16(19)22-17(4,5)6)11(2)12(3)15(10)21-9-13-8-20-13/h7,13H,8-9H2,1-6H3,(H,18,19)/t13-/m0/s1. The molecule has 1 aliphatic heterocycles. The van der Waals surface area contributed by atoms with Gasteiger partial charge in [0.1, 0.15) is 24.1 Å². The molecule has 1 saturated heterocycles. The van der Waals surface area contributed by atoms with Gasteiger partial charge in [0.2, 0.25) is 0 Å². The Hall–Kier alpha value is -1.75. The first-order valence-corrected chi connectivity index (χ1v) is 7.52. The Balaban J connectivity index is 2.13. The van der Waals surface area contributed by atoms with E-state index in [1.54, 1.807) is 0 Å². The molecule has 0 spiro atoms. The van der Waals surface area contributed by atoms with Gasteiger partial charge in [0, 0.05) is 5.69 Å². The van der Waals surface area contributed by atoms with E-state index in [2.05, 4.69) is 5.32 Å². The third kappa shape index (κ3) is 4.37. The van der Waals surface area contributed by atoms with Crippen molar-refractivity contribution in [3.63, 3.8) is 0 Å². The Labute approximate surface area is 131 Å². The third-order valence-corrected chi connectivity index (χ3v) is 3.48. The number of amides is 1. The number of aryl methyl sites for hydroxylation is 1. The van der Waals surface area contributed by atoms with Crippen LogP contribution in [0.3, 0.4) is 0 Å². The molecule has 1 N–H and O–H groups in total. The molecule has 0 aliphatic carbocycles. The second-order valence-electron chi connectivity index (χ2n) is 6.71. The zero-order valence-corrected chi connectivity index (χ0v) is 14.2. The molecule has 1 aromatic carbocycles. The highest BCUT2D eigenvalue weighted by Gasteiger charge is 2.24. The number of rotatable bonds is 4. The highest BCUT2D eigenvalue weighted by molar-refractivity contribution is 5.86. The summed E-state index contributed by atoms with van der Waals surface area (Å²) >= 11 is 0. The van der Waals surface area contributed by atoms with Crippen LogP contribution in [0.25, 0.3) is 0 Å². The number of hydrogen-bond donors (Lipinski definition) is 1. The average molecular weight is 307 g/mol. The molecular weight excluding hydrogens is 282 g/mol. The molecule has 5 heteroatoms. The van der Waals surface area contributed by atoms with Crippen molar-refractivity contribution >= 4 is 11.8 Å². The number of anilines is 1. The SMILES string of the molecule is Cc1cc(NC(=O)OC(C)(C)C)c(C)c(C)c1OC[C@@H]1CO1. The second kappa shape index (κ2) is 6.16. The van der Waals surface area contributed by atoms with E-state index in [4.69, 9.17) is 14.2 Å². The van der Waals surface area contributed by atoms with Gasteiger partial charge in [0.05, 0.1) is 6.61 Å². The predicted octanol–water partition coefficient (Wildman–Crippen LogP) is 3.74. The van der Waals surface area contributed by atoms with Crippen molar-refractivity contribution < 1.29 is 19.0 Å². The smallest absolute Gasteiger partial charge is 0.412 e. The van der Waals surface area contributed by atoms with Crippen molar-refractivity contribution in [2.24, 2.45) is 0 Å². The fourth-order valence-electron chi connectivity index (χ4n) is 2.16. The second-order valence-corrected chi connectivity index (χ2v) is 6.71. The lowest BCUT2D eigenvalue weighted by Gasteiger charge is -2.21. The summed E-state index contributed by atoms with van der Waals surface area (Å²) in [4.78, 5) is 11.9. The van der Waals surface area contributed by atoms with Gasteiger partial charge < -0.3 is 14.2 Å². The summed E-state index contributed by atoms with van der Waals surface area (Å²) in [6, 6.07) is 1.91. The molecule has 1 aliphatic rings. The van der Waals surface area contributed by atoms with E-state index in [0.717, 1.165) is 34.7 Å². The van der Waals surface area contributed by atoms with Crippen molar-refractivity contribution in [2.45, 2.75) is 53.2 Å². The fourth-order valence-corrected chi connectivity index (χ4v) is 2.16. The van der Waals surface area contributed by atoms with Crippen molar-refractivity contribution in [3.8, 4) is 5.75 Å². The van der Waals surface area contributed by atoms with Crippen LogP contribution >= 0.6 is 0 Å². The summed E-state index contributed by atoms with van der Waals surface area (Å²) in [6.07, 6.45) is -0.229. The molecule has 5 nitrogen and oxygen atoms in total. The van der Waals surface area contributed by atoms with Crippen LogP contribution in [0, 0.1) is 20.8 Å². The van der Waals surface area contributed by atoms with Crippen LogP contribution in [-0.2, 0) is 9.47 Å². The molecule has 2 rings (SSSR count). The van der Waals surface area contributed by atoms with E-state index in [-0.39, 0.29) is 6.10 Å². The average Bonchev–Trinajstić information content (AvgIpc) is 3.17. The Morgan fingerprint density at radius 1 is 1.32 bits per heavy atom. The molecular formula is C17H25NO4. The molecule has 0 unspecified atom stereocenters. The summed E-state index contributed by atoms with van der Waals surface area (Å²) in [5.74, 6) is 0.864. The fraction of sp³-hybridized carbons (Fsp3) is 0.588. The largest absolute Gasteiger partial charge is 0.490 e. The monoisotopic (exact) mass is 307 g/mol. The van der Waals surface area contributed by atoms with Gasteiger partial charge in [0.15, 0.2) is 0 Å². The maximum atomic E-state index is 11.9. The Morgan fingerprint density at radius 2 is 1.95 bits per heavy atom. The highest BCUT2D eigenvalue weighted by atomic mass is 16.6. The Bertz CT molecular complexity index is 571. The normalized spacial score (nSPS) is 17.1. The number of epoxide rings is 1. The summed E-state index contributed by atoms with van der Waals surface area (Å²) < 4.78 is 16.3. The first-order chi connectivity index (χ1) is 10.2. The molecule has 0 bridgehead atoms. The molecule has 1 fully saturated rings. The van der Waals surface area contributed by atoms with Gasteiger partial charge in [-0.1, -0.05) is 0 Å². The lowest BCUT2D eigenvalue weighted by atomic mass is 10.0. The minimum Gasteiger partial charge on any atom is -0.490 e. The first-order valence-electron chi connectivity index (χ1n) is 7.52. The minimum atomic E-state index is -0.518. The number of hydrogen-bond acceptors (Lipinski definition) is 4. The lowest BCUT2D eigenvalue weighted by molar-refractivity contribution is 0.0636. The van der Waals surface area contributed by atoms with Gasteiger partial charge >= 0.3 is 6.09 Å². The summed E-state index contributed by atoms with van der Waals surface area (Å²) in [6.45, 7) is 12.8. The van der Waals surface area contributed by atoms with Crippen LogP contribution in [-0.4, -0.2) is 31.0 Å². The molecule has 1 aromatic rings. The zero-order valence-electron chi connectivity index (χ0n) is 14.2. The molecule has 1 amide bonds. The van der Waals surface area contributed by atoms with E-state index in [0.29, 0.717) is 6.61 Å². The molecule has 1 atom stereocenters. The maximum absolute atomic E-state index is 11.9. The van der Waals surface area contributed by atoms with Gasteiger partial charge in [-0.15, -0.1) is 0 Å². The van der Waals surface area contributed by atoms with Crippen LogP contribution < -0.4 is 10.1 Å². The van der Waals surface area contributed by atoms with Crippen molar-refractivity contribution in [1.29, 1.82) is 0 Å². The van der Waals surface area contributed by atoms with Gasteiger partial charge in [-0.2, -0.15) is 0 Å². The van der Waals surface area contributed by atoms with Crippen LogP contribution in [0.5, 0.6) is 5.75 Å². The molecule has 0 radical (unpaired) electrons. The Morgan fingerprint density at radius 3 is 2.50 bits per heavy atom. The highest BCUT2D eigenvalue weighted by Crippen LogP contribution is 2.32. The summed E-state index contributed by atoms with van der Waals surface area (Å²) in [5.41, 5.74) is 3.21. The van der Waals surface area contributed by atoms with E-state index in [1.807, 2.05) is 47.6 Å². The first kappa shape index (κ1) is 16.6. The zero-order chi connectivity index (χ0) is 16.5. The predicted molar refractivity (Wildman–Crippen MR) is 85.7 cm³/mol. The summed E-state index contributed by atoms with van der Waals surface area (Å²) in [5, 5.41) is 2.81. The molecule has 1 heterocycles. The minimum absolute atomic E-state index is 0.221. The van der Waals surface area contributed by atoms with Crippen molar-refractivity contribution in [3.05, 3.63) is 22.8 Å².